The highest BCUT2D eigenvalue weighted by atomic mass is 35.5. The van der Waals surface area contributed by atoms with E-state index in [1.807, 2.05) is 48.5 Å². The van der Waals surface area contributed by atoms with Gasteiger partial charge in [0.2, 0.25) is 0 Å². The first-order chi connectivity index (χ1) is 12.2. The number of benzene rings is 2. The summed E-state index contributed by atoms with van der Waals surface area (Å²) in [5.41, 5.74) is 2.06. The first-order valence-corrected chi connectivity index (χ1v) is 9.45. The Morgan fingerprint density at radius 3 is 2.28 bits per heavy atom. The van der Waals surface area contributed by atoms with Gasteiger partial charge in [-0.25, -0.2) is 4.99 Å². The zero-order valence-electron chi connectivity index (χ0n) is 13.7. The van der Waals surface area contributed by atoms with Gasteiger partial charge in [0.25, 0.3) is 0 Å². The van der Waals surface area contributed by atoms with E-state index in [9.17, 15) is 0 Å². The van der Waals surface area contributed by atoms with Crippen LogP contribution >= 0.6 is 23.2 Å². The lowest BCUT2D eigenvalue weighted by atomic mass is 10.1. The molecule has 4 rings (SSSR count). The highest BCUT2D eigenvalue weighted by Gasteiger charge is 2.38. The van der Waals surface area contributed by atoms with Crippen LogP contribution in [0.15, 0.2) is 70.6 Å². The Morgan fingerprint density at radius 1 is 0.920 bits per heavy atom. The largest absolute Gasteiger partial charge is 0.322 e. The lowest BCUT2D eigenvalue weighted by Gasteiger charge is -2.33. The normalized spacial score (nSPS) is 23.1. The van der Waals surface area contributed by atoms with Crippen molar-refractivity contribution >= 4 is 40.6 Å². The second-order valence-corrected chi connectivity index (χ2v) is 7.46. The predicted octanol–water partition coefficient (Wildman–Crippen LogP) is 5.08. The smallest absolute Gasteiger partial charge is 0.165 e. The fourth-order valence-corrected chi connectivity index (χ4v) is 3.99. The molecule has 0 N–H and O–H groups in total. The van der Waals surface area contributed by atoms with Crippen molar-refractivity contribution in [2.45, 2.75) is 36.2 Å². The molecule has 0 bridgehead atoms. The Morgan fingerprint density at radius 2 is 1.60 bits per heavy atom. The molecular formula is C20H19Cl2N3. The molecule has 1 aliphatic carbocycles. The van der Waals surface area contributed by atoms with E-state index in [-0.39, 0.29) is 12.1 Å². The third-order valence-corrected chi connectivity index (χ3v) is 5.18. The molecular weight excluding hydrogens is 353 g/mol. The van der Waals surface area contributed by atoms with Crippen molar-refractivity contribution in [1.29, 1.82) is 0 Å². The molecule has 2 aromatic rings. The maximum absolute atomic E-state index is 6.35. The van der Waals surface area contributed by atoms with Crippen LogP contribution in [0.4, 0.5) is 5.69 Å². The van der Waals surface area contributed by atoms with Crippen LogP contribution in [0.2, 0.25) is 0 Å². The number of halogens is 2. The Labute approximate surface area is 158 Å². The van der Waals surface area contributed by atoms with Gasteiger partial charge in [0.1, 0.15) is 5.84 Å². The molecule has 2 aromatic carbocycles. The maximum Gasteiger partial charge on any atom is 0.165 e. The first-order valence-electron chi connectivity index (χ1n) is 8.58. The summed E-state index contributed by atoms with van der Waals surface area (Å²) >= 11 is 12.7. The van der Waals surface area contributed by atoms with Gasteiger partial charge in [-0.2, -0.15) is 0 Å². The van der Waals surface area contributed by atoms with Crippen molar-refractivity contribution in [3.63, 3.8) is 0 Å². The second-order valence-electron chi connectivity index (χ2n) is 6.36. The van der Waals surface area contributed by atoms with Gasteiger partial charge in [-0.1, -0.05) is 71.7 Å². The van der Waals surface area contributed by atoms with E-state index in [1.165, 1.54) is 0 Å². The molecule has 1 heterocycles. The van der Waals surface area contributed by atoms with E-state index < -0.39 is 4.84 Å². The van der Waals surface area contributed by atoms with Gasteiger partial charge in [0.05, 0.1) is 12.1 Å². The van der Waals surface area contributed by atoms with Crippen LogP contribution in [0.3, 0.4) is 0 Å². The fourth-order valence-electron chi connectivity index (χ4n) is 3.68. The summed E-state index contributed by atoms with van der Waals surface area (Å²) in [6.45, 7) is 0. The van der Waals surface area contributed by atoms with Gasteiger partial charge >= 0.3 is 0 Å². The number of amidine groups is 2. The van der Waals surface area contributed by atoms with E-state index in [0.717, 1.165) is 36.3 Å². The molecule has 1 fully saturated rings. The lowest BCUT2D eigenvalue weighted by Crippen LogP contribution is -2.45. The third kappa shape index (κ3) is 3.31. The van der Waals surface area contributed by atoms with Crippen molar-refractivity contribution in [2.75, 3.05) is 4.90 Å². The summed E-state index contributed by atoms with van der Waals surface area (Å²) < 4.78 is 0. The zero-order chi connectivity index (χ0) is 17.2. The molecule has 3 nitrogen and oxygen atoms in total. The van der Waals surface area contributed by atoms with Crippen LogP contribution in [0.1, 0.15) is 24.8 Å². The van der Waals surface area contributed by atoms with Gasteiger partial charge in [0.15, 0.2) is 10.7 Å². The Kier molecular flexibility index (Phi) is 4.78. The number of hydrogen-bond donors (Lipinski definition) is 0. The van der Waals surface area contributed by atoms with E-state index in [4.69, 9.17) is 33.2 Å². The standard InChI is InChI=1S/C20H19Cl2N3/c21-18(22)20-24-19(14-8-3-1-4-9-14)23-16-12-7-13-17(16)25(20)15-10-5-2-6-11-15/h1-6,8-11,16-18H,7,12-13H2/t16-,17-/m0/s1. The molecule has 5 heteroatoms. The highest BCUT2D eigenvalue weighted by molar-refractivity contribution is 6.56. The molecule has 0 unspecified atom stereocenters. The number of fused-ring (bicyclic) bond motifs is 1. The van der Waals surface area contributed by atoms with Crippen molar-refractivity contribution in [2.24, 2.45) is 9.98 Å². The van der Waals surface area contributed by atoms with Crippen LogP contribution in [0.5, 0.6) is 0 Å². The molecule has 0 spiro atoms. The first kappa shape index (κ1) is 16.6. The summed E-state index contributed by atoms with van der Waals surface area (Å²) in [6, 6.07) is 20.7. The summed E-state index contributed by atoms with van der Waals surface area (Å²) in [5.74, 6) is 1.38. The number of nitrogens with zero attached hydrogens (tertiary/aromatic N) is 3. The minimum Gasteiger partial charge on any atom is -0.322 e. The van der Waals surface area contributed by atoms with E-state index in [1.54, 1.807) is 0 Å². The summed E-state index contributed by atoms with van der Waals surface area (Å²) in [4.78, 5) is 11.3. The quantitative estimate of drug-likeness (QED) is 0.691. The highest BCUT2D eigenvalue weighted by Crippen LogP contribution is 2.34. The van der Waals surface area contributed by atoms with Crippen LogP contribution in [0.25, 0.3) is 0 Å². The molecule has 2 aliphatic rings. The van der Waals surface area contributed by atoms with Crippen molar-refractivity contribution in [1.82, 2.24) is 0 Å². The molecule has 0 amide bonds. The summed E-state index contributed by atoms with van der Waals surface area (Å²) in [7, 11) is 0. The molecule has 1 saturated carbocycles. The van der Waals surface area contributed by atoms with Gasteiger partial charge in [-0.05, 0) is 31.4 Å². The molecule has 0 saturated heterocycles. The fraction of sp³-hybridized carbons (Fsp3) is 0.300. The van der Waals surface area contributed by atoms with Gasteiger partial charge in [0, 0.05) is 11.3 Å². The average molecular weight is 372 g/mol. The van der Waals surface area contributed by atoms with E-state index in [0.29, 0.717) is 5.84 Å². The summed E-state index contributed by atoms with van der Waals surface area (Å²) in [6.07, 6.45) is 3.26. The topological polar surface area (TPSA) is 28.0 Å². The van der Waals surface area contributed by atoms with Gasteiger partial charge in [-0.15, -0.1) is 0 Å². The molecule has 1 aliphatic heterocycles. The van der Waals surface area contributed by atoms with Crippen molar-refractivity contribution < 1.29 is 0 Å². The lowest BCUT2D eigenvalue weighted by molar-refractivity contribution is 0.602. The second kappa shape index (κ2) is 7.19. The number of hydrogen-bond acceptors (Lipinski definition) is 3. The van der Waals surface area contributed by atoms with E-state index >= 15 is 0 Å². The number of anilines is 1. The monoisotopic (exact) mass is 371 g/mol. The SMILES string of the molecule is ClC(Cl)C1=NC(c2ccccc2)=N[C@H]2CCC[C@@H]2N1c1ccccc1. The summed E-state index contributed by atoms with van der Waals surface area (Å²) in [5, 5.41) is 0. The third-order valence-electron chi connectivity index (χ3n) is 4.79. The minimum atomic E-state index is -0.714. The molecule has 0 radical (unpaired) electrons. The molecule has 25 heavy (non-hydrogen) atoms. The Balaban J connectivity index is 1.85. The number of aliphatic imine (C=N–C) groups is 2. The predicted molar refractivity (Wildman–Crippen MR) is 106 cm³/mol. The number of para-hydroxylation sites is 1. The average Bonchev–Trinajstić information content (AvgIpc) is 3.03. The van der Waals surface area contributed by atoms with Gasteiger partial charge < -0.3 is 4.90 Å². The van der Waals surface area contributed by atoms with Crippen LogP contribution < -0.4 is 4.90 Å². The molecule has 2 atom stereocenters. The van der Waals surface area contributed by atoms with Gasteiger partial charge in [-0.3, -0.25) is 4.99 Å². The Bertz CT molecular complexity index is 787. The molecule has 128 valence electrons. The number of rotatable bonds is 3. The van der Waals surface area contributed by atoms with Crippen LogP contribution in [-0.4, -0.2) is 28.6 Å². The van der Waals surface area contributed by atoms with E-state index in [2.05, 4.69) is 17.0 Å². The van der Waals surface area contributed by atoms with Crippen LogP contribution in [0, 0.1) is 0 Å². The Hall–Kier alpha value is -1.84. The maximum atomic E-state index is 6.35. The zero-order valence-corrected chi connectivity index (χ0v) is 15.2. The van der Waals surface area contributed by atoms with Crippen LogP contribution in [-0.2, 0) is 0 Å². The van der Waals surface area contributed by atoms with Crippen molar-refractivity contribution in [3.8, 4) is 0 Å². The van der Waals surface area contributed by atoms with Crippen molar-refractivity contribution in [3.05, 3.63) is 66.2 Å². The molecule has 0 aromatic heterocycles. The number of alkyl halides is 2. The minimum absolute atomic E-state index is 0.198.